The second-order valence-corrected chi connectivity index (χ2v) is 11.2. The number of carbonyl (C=O) groups is 3. The number of hydrogen-bond acceptors (Lipinski definition) is 5. The molecule has 3 amide bonds. The molecule has 0 spiro atoms. The molecule has 3 aromatic rings. The highest BCUT2D eigenvalue weighted by Crippen LogP contribution is 2.33. The summed E-state index contributed by atoms with van der Waals surface area (Å²) in [7, 11) is 1.36. The summed E-state index contributed by atoms with van der Waals surface area (Å²) in [5.41, 5.74) is 3.87. The molecule has 218 valence electrons. The van der Waals surface area contributed by atoms with Gasteiger partial charge in [0.1, 0.15) is 5.84 Å². The van der Waals surface area contributed by atoms with Gasteiger partial charge in [-0.25, -0.2) is 4.79 Å². The third-order valence-corrected chi connectivity index (χ3v) is 8.00. The van der Waals surface area contributed by atoms with E-state index in [-0.39, 0.29) is 37.3 Å². The molecule has 0 unspecified atom stereocenters. The van der Waals surface area contributed by atoms with Crippen molar-refractivity contribution in [3.05, 3.63) is 60.3 Å². The molecule has 0 radical (unpaired) electrons. The fraction of sp³-hybridized carbons (Fsp3) is 0.438. The van der Waals surface area contributed by atoms with Crippen LogP contribution in [0, 0.1) is 17.2 Å². The van der Waals surface area contributed by atoms with Crippen LogP contribution >= 0.6 is 0 Å². The molecule has 5 rings (SSSR count). The SMILES string of the molecule is CCCN(CCCC(=O)N(CC1CN(C(=O)C2CC2)C1)C(=N)c1ccc(-c2ccc3[nH]ccc3c2)cc1)C(=O)OC.[HH]. The van der Waals surface area contributed by atoms with E-state index in [2.05, 4.69) is 23.2 Å². The number of nitrogens with zero attached hydrogens (tertiary/aromatic N) is 3. The van der Waals surface area contributed by atoms with Crippen molar-refractivity contribution in [2.24, 2.45) is 11.8 Å². The Balaban J connectivity index is 0.00000405. The van der Waals surface area contributed by atoms with Crippen molar-refractivity contribution in [1.29, 1.82) is 5.41 Å². The van der Waals surface area contributed by atoms with E-state index in [0.717, 1.165) is 41.3 Å². The number of nitrogens with one attached hydrogen (secondary N) is 2. The molecule has 0 bridgehead atoms. The van der Waals surface area contributed by atoms with Gasteiger partial charge in [0, 0.05) is 69.7 Å². The molecule has 1 aliphatic carbocycles. The normalized spacial score (nSPS) is 14.9. The summed E-state index contributed by atoms with van der Waals surface area (Å²) >= 11 is 0. The molecular weight excluding hydrogens is 518 g/mol. The van der Waals surface area contributed by atoms with Crippen LogP contribution in [0.5, 0.6) is 0 Å². The van der Waals surface area contributed by atoms with E-state index in [1.54, 1.807) is 9.80 Å². The molecular formula is C32H41N5O4. The summed E-state index contributed by atoms with van der Waals surface area (Å²) in [6, 6.07) is 16.0. The Kier molecular flexibility index (Phi) is 8.71. The second kappa shape index (κ2) is 12.6. The highest BCUT2D eigenvalue weighted by molar-refractivity contribution is 6.06. The molecule has 1 aliphatic heterocycles. The standard InChI is InChI=1S/C32H39N5O4.H2/c1-3-16-35(32(40)41-2)17-4-5-29(38)37(21-22-19-36(20-22)31(39)25-10-11-25)30(33)24-8-6-23(7-9-24)26-12-13-28-27(18-26)14-15-34-28;/h6-9,12-15,18,22,25,33-34H,3-5,10-11,16-17,19-21H2,1-2H3;1H. The first-order valence-electron chi connectivity index (χ1n) is 14.6. The van der Waals surface area contributed by atoms with Gasteiger partial charge in [0.05, 0.1) is 7.11 Å². The molecule has 2 heterocycles. The molecule has 9 heteroatoms. The quantitative estimate of drug-likeness (QED) is 0.243. The number of H-pyrrole nitrogens is 1. The predicted octanol–water partition coefficient (Wildman–Crippen LogP) is 5.36. The van der Waals surface area contributed by atoms with Gasteiger partial charge >= 0.3 is 6.09 Å². The van der Waals surface area contributed by atoms with Gasteiger partial charge in [0.2, 0.25) is 11.8 Å². The van der Waals surface area contributed by atoms with Gasteiger partial charge < -0.3 is 19.5 Å². The smallest absolute Gasteiger partial charge is 0.409 e. The monoisotopic (exact) mass is 559 g/mol. The third kappa shape index (κ3) is 6.61. The van der Waals surface area contributed by atoms with Crippen LogP contribution in [0.4, 0.5) is 4.79 Å². The van der Waals surface area contributed by atoms with Crippen LogP contribution in [0.1, 0.15) is 46.0 Å². The summed E-state index contributed by atoms with van der Waals surface area (Å²) in [5, 5.41) is 10.1. The topological polar surface area (TPSA) is 110 Å². The fourth-order valence-corrected chi connectivity index (χ4v) is 5.49. The highest BCUT2D eigenvalue weighted by atomic mass is 16.5. The van der Waals surface area contributed by atoms with Crippen molar-refractivity contribution in [1.82, 2.24) is 19.7 Å². The first-order chi connectivity index (χ1) is 19.9. The van der Waals surface area contributed by atoms with Crippen molar-refractivity contribution >= 4 is 34.6 Å². The van der Waals surface area contributed by atoms with Crippen LogP contribution in [0.25, 0.3) is 22.0 Å². The number of ether oxygens (including phenoxy) is 1. The van der Waals surface area contributed by atoms with Crippen molar-refractivity contribution < 1.29 is 20.5 Å². The Bertz CT molecular complexity index is 1410. The lowest BCUT2D eigenvalue weighted by Crippen LogP contribution is -2.55. The Labute approximate surface area is 242 Å². The van der Waals surface area contributed by atoms with Crippen LogP contribution < -0.4 is 0 Å². The van der Waals surface area contributed by atoms with Gasteiger partial charge in [0.15, 0.2) is 0 Å². The van der Waals surface area contributed by atoms with Crippen LogP contribution in [0.2, 0.25) is 0 Å². The average Bonchev–Trinajstić information content (AvgIpc) is 3.72. The lowest BCUT2D eigenvalue weighted by Gasteiger charge is -2.42. The number of rotatable bonds is 11. The minimum Gasteiger partial charge on any atom is -0.453 e. The second-order valence-electron chi connectivity index (χ2n) is 11.2. The summed E-state index contributed by atoms with van der Waals surface area (Å²) < 4.78 is 4.87. The summed E-state index contributed by atoms with van der Waals surface area (Å²) in [6.45, 7) is 4.62. The van der Waals surface area contributed by atoms with Crippen molar-refractivity contribution in [3.63, 3.8) is 0 Å². The number of aromatic nitrogens is 1. The molecule has 0 atom stereocenters. The third-order valence-electron chi connectivity index (χ3n) is 8.00. The number of aromatic amines is 1. The van der Waals surface area contributed by atoms with E-state index < -0.39 is 6.09 Å². The lowest BCUT2D eigenvalue weighted by molar-refractivity contribution is -0.139. The maximum atomic E-state index is 13.5. The van der Waals surface area contributed by atoms with Crippen LogP contribution in [-0.4, -0.2) is 83.3 Å². The first-order valence-corrected chi connectivity index (χ1v) is 14.6. The van der Waals surface area contributed by atoms with Crippen LogP contribution in [0.3, 0.4) is 0 Å². The molecule has 1 saturated carbocycles. The van der Waals surface area contributed by atoms with Gasteiger partial charge in [-0.05, 0) is 60.4 Å². The van der Waals surface area contributed by atoms with Crippen molar-refractivity contribution in [2.75, 3.05) is 39.8 Å². The van der Waals surface area contributed by atoms with Crippen LogP contribution in [-0.2, 0) is 14.3 Å². The Morgan fingerprint density at radius 1 is 1.05 bits per heavy atom. The molecule has 2 aliphatic rings. The van der Waals surface area contributed by atoms with Crippen molar-refractivity contribution in [3.8, 4) is 11.1 Å². The average molecular weight is 560 g/mol. The van der Waals surface area contributed by atoms with Gasteiger partial charge in [-0.2, -0.15) is 0 Å². The number of amidine groups is 1. The molecule has 9 nitrogen and oxygen atoms in total. The van der Waals surface area contributed by atoms with E-state index in [0.29, 0.717) is 44.7 Å². The number of fused-ring (bicyclic) bond motifs is 1. The number of carbonyl (C=O) groups excluding carboxylic acids is 3. The summed E-state index contributed by atoms with van der Waals surface area (Å²) in [6.07, 6.45) is 4.98. The predicted molar refractivity (Wildman–Crippen MR) is 161 cm³/mol. The zero-order valence-electron chi connectivity index (χ0n) is 23.9. The maximum absolute atomic E-state index is 13.5. The number of benzene rings is 2. The molecule has 1 aromatic heterocycles. The summed E-state index contributed by atoms with van der Waals surface area (Å²) in [5.74, 6) is 0.560. The Morgan fingerprint density at radius 3 is 2.46 bits per heavy atom. The lowest BCUT2D eigenvalue weighted by atomic mass is 9.97. The van der Waals surface area contributed by atoms with E-state index >= 15 is 0 Å². The number of amides is 3. The fourth-order valence-electron chi connectivity index (χ4n) is 5.49. The van der Waals surface area contributed by atoms with Crippen molar-refractivity contribution in [2.45, 2.75) is 39.0 Å². The number of methoxy groups -OCH3 is 1. The minimum atomic E-state index is -0.394. The molecule has 41 heavy (non-hydrogen) atoms. The largest absolute Gasteiger partial charge is 0.453 e. The Morgan fingerprint density at radius 2 is 1.78 bits per heavy atom. The molecule has 2 fully saturated rings. The van der Waals surface area contributed by atoms with E-state index in [4.69, 9.17) is 10.1 Å². The zero-order valence-corrected chi connectivity index (χ0v) is 23.9. The highest BCUT2D eigenvalue weighted by Gasteiger charge is 2.40. The maximum Gasteiger partial charge on any atom is 0.409 e. The molecule has 2 aromatic carbocycles. The van der Waals surface area contributed by atoms with E-state index in [1.807, 2.05) is 48.4 Å². The molecule has 2 N–H and O–H groups in total. The van der Waals surface area contributed by atoms with Crippen LogP contribution in [0.15, 0.2) is 54.7 Å². The first kappa shape index (κ1) is 28.4. The van der Waals surface area contributed by atoms with E-state index in [1.165, 1.54) is 7.11 Å². The summed E-state index contributed by atoms with van der Waals surface area (Å²) in [4.78, 5) is 46.2. The number of likely N-dealkylation sites (tertiary alicyclic amines) is 1. The minimum absolute atomic E-state index is 0. The van der Waals surface area contributed by atoms with Gasteiger partial charge in [-0.3, -0.25) is 19.9 Å². The zero-order chi connectivity index (χ0) is 28.9. The molecule has 1 saturated heterocycles. The van der Waals surface area contributed by atoms with E-state index in [9.17, 15) is 14.4 Å². The Hall–Kier alpha value is -4.14. The number of hydrogen-bond donors (Lipinski definition) is 2. The van der Waals surface area contributed by atoms with Gasteiger partial charge in [-0.15, -0.1) is 0 Å². The van der Waals surface area contributed by atoms with Gasteiger partial charge in [-0.1, -0.05) is 37.3 Å². The van der Waals surface area contributed by atoms with Gasteiger partial charge in [0.25, 0.3) is 0 Å².